The normalized spacial score (nSPS) is 10.0. The number of aromatic nitrogens is 1. The first-order chi connectivity index (χ1) is 12.7. The van der Waals surface area contributed by atoms with Gasteiger partial charge in [0, 0.05) is 18.9 Å². The molecule has 2 N–H and O–H groups in total. The van der Waals surface area contributed by atoms with Crippen molar-refractivity contribution in [2.24, 2.45) is 0 Å². The van der Waals surface area contributed by atoms with Crippen LogP contribution in [0.3, 0.4) is 0 Å². The third-order valence-corrected chi connectivity index (χ3v) is 3.49. The van der Waals surface area contributed by atoms with Gasteiger partial charge in [-0.2, -0.15) is 0 Å². The van der Waals surface area contributed by atoms with Crippen LogP contribution in [0.15, 0.2) is 79.1 Å². The number of ether oxygens (including phenoxy) is 1. The molecule has 0 aliphatic carbocycles. The molecule has 2 amide bonds. The van der Waals surface area contributed by atoms with Crippen molar-refractivity contribution in [2.45, 2.75) is 6.54 Å². The van der Waals surface area contributed by atoms with Gasteiger partial charge in [-0.25, -0.2) is 0 Å². The Morgan fingerprint density at radius 1 is 0.885 bits per heavy atom. The number of benzene rings is 2. The van der Waals surface area contributed by atoms with E-state index in [0.717, 1.165) is 5.56 Å². The number of pyridine rings is 1. The molecule has 0 saturated carbocycles. The Morgan fingerprint density at radius 2 is 1.65 bits per heavy atom. The highest BCUT2D eigenvalue weighted by Crippen LogP contribution is 2.28. The van der Waals surface area contributed by atoms with Crippen molar-refractivity contribution >= 4 is 17.5 Å². The van der Waals surface area contributed by atoms with Crippen LogP contribution in [0.5, 0.6) is 11.5 Å². The lowest BCUT2D eigenvalue weighted by molar-refractivity contribution is -0.136. The number of carbonyl (C=O) groups excluding carboxylic acids is 2. The first kappa shape index (κ1) is 17.2. The lowest BCUT2D eigenvalue weighted by Gasteiger charge is -2.12. The van der Waals surface area contributed by atoms with Crippen LogP contribution in [0.1, 0.15) is 5.56 Å². The van der Waals surface area contributed by atoms with Crippen molar-refractivity contribution < 1.29 is 14.3 Å². The molecule has 0 spiro atoms. The summed E-state index contributed by atoms with van der Waals surface area (Å²) in [4.78, 5) is 28.1. The molecule has 6 nitrogen and oxygen atoms in total. The summed E-state index contributed by atoms with van der Waals surface area (Å²) in [7, 11) is 0. The monoisotopic (exact) mass is 347 g/mol. The van der Waals surface area contributed by atoms with E-state index in [0.29, 0.717) is 17.2 Å². The van der Waals surface area contributed by atoms with Gasteiger partial charge in [0.25, 0.3) is 0 Å². The molecule has 0 aliphatic rings. The van der Waals surface area contributed by atoms with Crippen molar-refractivity contribution in [3.63, 3.8) is 0 Å². The fourth-order valence-corrected chi connectivity index (χ4v) is 2.22. The SMILES string of the molecule is O=C(NCc1cccnc1)C(=O)Nc1ccccc1Oc1ccccc1. The van der Waals surface area contributed by atoms with Gasteiger partial charge in [0.1, 0.15) is 5.75 Å². The van der Waals surface area contributed by atoms with Crippen LogP contribution in [0.2, 0.25) is 0 Å². The van der Waals surface area contributed by atoms with Gasteiger partial charge in [-0.1, -0.05) is 36.4 Å². The van der Waals surface area contributed by atoms with Crippen LogP contribution in [0.4, 0.5) is 5.69 Å². The Balaban J connectivity index is 1.63. The van der Waals surface area contributed by atoms with E-state index in [1.54, 1.807) is 54.9 Å². The topological polar surface area (TPSA) is 80.3 Å². The predicted molar refractivity (Wildman–Crippen MR) is 97.7 cm³/mol. The van der Waals surface area contributed by atoms with Gasteiger partial charge in [-0.05, 0) is 35.9 Å². The molecule has 0 saturated heterocycles. The molecule has 0 fully saturated rings. The Kier molecular flexibility index (Phi) is 5.57. The second-order valence-electron chi connectivity index (χ2n) is 5.41. The standard InChI is InChI=1S/C20H17N3O3/c24-19(22-14-15-7-6-12-21-13-15)20(25)23-17-10-4-5-11-18(17)26-16-8-2-1-3-9-16/h1-13H,14H2,(H,22,24)(H,23,25). The second kappa shape index (κ2) is 8.43. The molecule has 0 aliphatic heterocycles. The first-order valence-electron chi connectivity index (χ1n) is 8.02. The summed E-state index contributed by atoms with van der Waals surface area (Å²) in [5, 5.41) is 5.13. The highest BCUT2D eigenvalue weighted by Gasteiger charge is 2.15. The number of hydrogen-bond acceptors (Lipinski definition) is 4. The lowest BCUT2D eigenvalue weighted by Crippen LogP contribution is -2.35. The summed E-state index contributed by atoms with van der Waals surface area (Å²) in [6.45, 7) is 0.224. The molecule has 2 aromatic carbocycles. The van der Waals surface area contributed by atoms with E-state index in [1.165, 1.54) is 0 Å². The molecule has 130 valence electrons. The van der Waals surface area contributed by atoms with Crippen molar-refractivity contribution in [1.82, 2.24) is 10.3 Å². The Bertz CT molecular complexity index is 883. The molecule has 3 aromatic rings. The first-order valence-corrected chi connectivity index (χ1v) is 8.02. The molecular formula is C20H17N3O3. The summed E-state index contributed by atoms with van der Waals surface area (Å²) < 4.78 is 5.76. The van der Waals surface area contributed by atoms with E-state index in [4.69, 9.17) is 4.74 Å². The number of nitrogens with zero attached hydrogens (tertiary/aromatic N) is 1. The molecule has 0 unspecified atom stereocenters. The smallest absolute Gasteiger partial charge is 0.313 e. The summed E-state index contributed by atoms with van der Waals surface area (Å²) in [5.74, 6) is -0.413. The van der Waals surface area contributed by atoms with Crippen molar-refractivity contribution in [2.75, 3.05) is 5.32 Å². The molecule has 0 radical (unpaired) electrons. The van der Waals surface area contributed by atoms with E-state index < -0.39 is 11.8 Å². The molecule has 26 heavy (non-hydrogen) atoms. The Hall–Kier alpha value is -3.67. The third-order valence-electron chi connectivity index (χ3n) is 3.49. The highest BCUT2D eigenvalue weighted by molar-refractivity contribution is 6.39. The average Bonchev–Trinajstić information content (AvgIpc) is 2.69. The van der Waals surface area contributed by atoms with Crippen molar-refractivity contribution in [1.29, 1.82) is 0 Å². The van der Waals surface area contributed by atoms with Crippen LogP contribution >= 0.6 is 0 Å². The number of para-hydroxylation sites is 3. The molecule has 0 atom stereocenters. The highest BCUT2D eigenvalue weighted by atomic mass is 16.5. The molecule has 1 heterocycles. The van der Waals surface area contributed by atoms with Crippen LogP contribution in [0, 0.1) is 0 Å². The van der Waals surface area contributed by atoms with Gasteiger partial charge >= 0.3 is 11.8 Å². The fraction of sp³-hybridized carbons (Fsp3) is 0.0500. The van der Waals surface area contributed by atoms with Gasteiger partial charge in [0.05, 0.1) is 5.69 Å². The average molecular weight is 347 g/mol. The maximum absolute atomic E-state index is 12.1. The maximum atomic E-state index is 12.1. The lowest BCUT2D eigenvalue weighted by atomic mass is 10.2. The number of carbonyl (C=O) groups is 2. The van der Waals surface area contributed by atoms with Crippen molar-refractivity contribution in [3.8, 4) is 11.5 Å². The van der Waals surface area contributed by atoms with E-state index in [1.807, 2.05) is 24.3 Å². The van der Waals surface area contributed by atoms with Gasteiger partial charge in [-0.3, -0.25) is 14.6 Å². The van der Waals surface area contributed by atoms with E-state index >= 15 is 0 Å². The summed E-state index contributed by atoms with van der Waals surface area (Å²) in [5.41, 5.74) is 1.22. The van der Waals surface area contributed by atoms with Crippen LogP contribution in [-0.4, -0.2) is 16.8 Å². The summed E-state index contributed by atoms with van der Waals surface area (Å²) in [6, 6.07) is 19.7. The minimum Gasteiger partial charge on any atom is -0.455 e. The maximum Gasteiger partial charge on any atom is 0.313 e. The van der Waals surface area contributed by atoms with Crippen LogP contribution in [0.25, 0.3) is 0 Å². The Labute approximate surface area is 150 Å². The van der Waals surface area contributed by atoms with Gasteiger partial charge in [0.15, 0.2) is 5.75 Å². The van der Waals surface area contributed by atoms with Gasteiger partial charge < -0.3 is 15.4 Å². The minimum atomic E-state index is -0.766. The zero-order valence-electron chi connectivity index (χ0n) is 13.9. The van der Waals surface area contributed by atoms with Gasteiger partial charge in [0.2, 0.25) is 0 Å². The molecule has 0 bridgehead atoms. The van der Waals surface area contributed by atoms with Crippen molar-refractivity contribution in [3.05, 3.63) is 84.7 Å². The number of amides is 2. The Morgan fingerprint density at radius 3 is 2.42 bits per heavy atom. The number of nitrogens with one attached hydrogen (secondary N) is 2. The zero-order chi connectivity index (χ0) is 18.2. The number of rotatable bonds is 5. The summed E-state index contributed by atoms with van der Waals surface area (Å²) >= 11 is 0. The molecule has 6 heteroatoms. The van der Waals surface area contributed by atoms with Crippen LogP contribution < -0.4 is 15.4 Å². The van der Waals surface area contributed by atoms with Crippen LogP contribution in [-0.2, 0) is 16.1 Å². The number of hydrogen-bond donors (Lipinski definition) is 2. The van der Waals surface area contributed by atoms with E-state index in [-0.39, 0.29) is 6.54 Å². The van der Waals surface area contributed by atoms with E-state index in [2.05, 4.69) is 15.6 Å². The van der Waals surface area contributed by atoms with Gasteiger partial charge in [-0.15, -0.1) is 0 Å². The second-order valence-corrected chi connectivity index (χ2v) is 5.41. The zero-order valence-corrected chi connectivity index (χ0v) is 13.9. The third kappa shape index (κ3) is 4.67. The largest absolute Gasteiger partial charge is 0.455 e. The minimum absolute atomic E-state index is 0.224. The summed E-state index contributed by atoms with van der Waals surface area (Å²) in [6.07, 6.45) is 3.27. The predicted octanol–water partition coefficient (Wildman–Crippen LogP) is 3.13. The quantitative estimate of drug-likeness (QED) is 0.695. The van der Waals surface area contributed by atoms with E-state index in [9.17, 15) is 9.59 Å². The molecule has 3 rings (SSSR count). The molecule has 1 aromatic heterocycles. The molecular weight excluding hydrogens is 330 g/mol. The fourth-order valence-electron chi connectivity index (χ4n) is 2.22. The number of anilines is 1.